The Hall–Kier alpha value is -2.00. The van der Waals surface area contributed by atoms with Crippen LogP contribution in [0.15, 0.2) is 18.3 Å². The van der Waals surface area contributed by atoms with Crippen molar-refractivity contribution in [1.29, 1.82) is 0 Å². The molecule has 0 aliphatic carbocycles. The molecule has 8 nitrogen and oxygen atoms in total. The first-order valence-corrected chi connectivity index (χ1v) is 8.96. The molecule has 1 aliphatic rings. The van der Waals surface area contributed by atoms with Crippen LogP contribution in [0.2, 0.25) is 0 Å². The Kier molecular flexibility index (Phi) is 5.00. The predicted molar refractivity (Wildman–Crippen MR) is 82.7 cm³/mol. The zero-order valence-electron chi connectivity index (χ0n) is 13.0. The number of carbonyl (C=O) groups is 2. The van der Waals surface area contributed by atoms with E-state index in [1.54, 1.807) is 11.9 Å². The number of carboxylic acids is 1. The Morgan fingerprint density at radius 3 is 2.35 bits per heavy atom. The minimum atomic E-state index is -3.20. The molecule has 0 spiro atoms. The summed E-state index contributed by atoms with van der Waals surface area (Å²) < 4.78 is 24.4. The molecule has 0 atom stereocenters. The van der Waals surface area contributed by atoms with E-state index in [9.17, 15) is 18.0 Å². The molecule has 1 amide bonds. The molecule has 1 aliphatic heterocycles. The third-order valence-corrected chi connectivity index (χ3v) is 5.29. The summed E-state index contributed by atoms with van der Waals surface area (Å²) in [5, 5.41) is 8.81. The standard InChI is InChI=1S/C14H19N3O5S/c1-16(11-5-7-17(8-6-11)23(2,21)22)13(18)10-3-4-12(14(19)20)15-9-10/h3-4,9,11H,5-8H2,1-2H3,(H,19,20). The normalized spacial score (nSPS) is 17.0. The van der Waals surface area contributed by atoms with Crippen molar-refractivity contribution < 1.29 is 23.1 Å². The lowest BCUT2D eigenvalue weighted by Gasteiger charge is -2.35. The van der Waals surface area contributed by atoms with E-state index in [0.29, 0.717) is 31.5 Å². The van der Waals surface area contributed by atoms with Crippen molar-refractivity contribution in [1.82, 2.24) is 14.2 Å². The van der Waals surface area contributed by atoms with Gasteiger partial charge in [0.15, 0.2) is 0 Å². The van der Waals surface area contributed by atoms with Crippen molar-refractivity contribution in [3.8, 4) is 0 Å². The van der Waals surface area contributed by atoms with Crippen LogP contribution >= 0.6 is 0 Å². The van der Waals surface area contributed by atoms with Gasteiger partial charge in [0.2, 0.25) is 10.0 Å². The van der Waals surface area contributed by atoms with Crippen LogP contribution in [0.3, 0.4) is 0 Å². The van der Waals surface area contributed by atoms with E-state index in [1.807, 2.05) is 0 Å². The molecular formula is C14H19N3O5S. The molecule has 23 heavy (non-hydrogen) atoms. The van der Waals surface area contributed by atoms with Crippen LogP contribution in [0.25, 0.3) is 0 Å². The molecule has 1 fully saturated rings. The third-order valence-electron chi connectivity index (χ3n) is 3.99. The van der Waals surface area contributed by atoms with Crippen molar-refractivity contribution in [2.24, 2.45) is 0 Å². The van der Waals surface area contributed by atoms with Crippen molar-refractivity contribution in [3.63, 3.8) is 0 Å². The Bertz CT molecular complexity index is 694. The molecule has 2 heterocycles. The lowest BCUT2D eigenvalue weighted by atomic mass is 10.0. The van der Waals surface area contributed by atoms with Crippen LogP contribution in [0.1, 0.15) is 33.7 Å². The lowest BCUT2D eigenvalue weighted by molar-refractivity contribution is 0.0670. The number of aromatic nitrogens is 1. The molecule has 1 saturated heterocycles. The summed E-state index contributed by atoms with van der Waals surface area (Å²) in [6.07, 6.45) is 3.55. The highest BCUT2D eigenvalue weighted by molar-refractivity contribution is 7.88. The fourth-order valence-electron chi connectivity index (χ4n) is 2.58. The number of hydrogen-bond donors (Lipinski definition) is 1. The van der Waals surface area contributed by atoms with E-state index < -0.39 is 16.0 Å². The molecular weight excluding hydrogens is 322 g/mol. The number of sulfonamides is 1. The number of hydrogen-bond acceptors (Lipinski definition) is 5. The van der Waals surface area contributed by atoms with Crippen LogP contribution in [0.5, 0.6) is 0 Å². The lowest BCUT2D eigenvalue weighted by Crippen LogP contribution is -2.47. The summed E-state index contributed by atoms with van der Waals surface area (Å²) in [6.45, 7) is 0.772. The van der Waals surface area contributed by atoms with Crippen molar-refractivity contribution in [3.05, 3.63) is 29.6 Å². The molecule has 0 saturated carbocycles. The summed E-state index contributed by atoms with van der Waals surface area (Å²) in [6, 6.07) is 2.66. The first-order chi connectivity index (χ1) is 10.7. The van der Waals surface area contributed by atoms with Crippen LogP contribution in [0.4, 0.5) is 0 Å². The molecule has 0 radical (unpaired) electrons. The van der Waals surface area contributed by atoms with Gasteiger partial charge in [-0.15, -0.1) is 0 Å². The van der Waals surface area contributed by atoms with Crippen molar-refractivity contribution in [2.45, 2.75) is 18.9 Å². The second kappa shape index (κ2) is 6.63. The maximum Gasteiger partial charge on any atom is 0.354 e. The molecule has 126 valence electrons. The second-order valence-corrected chi connectivity index (χ2v) is 7.53. The predicted octanol–water partition coefficient (Wildman–Crippen LogP) is 0.276. The van der Waals surface area contributed by atoms with E-state index >= 15 is 0 Å². The maximum atomic E-state index is 12.4. The average Bonchev–Trinajstić information content (AvgIpc) is 2.53. The number of rotatable bonds is 4. The Labute approximate surface area is 134 Å². The third kappa shape index (κ3) is 4.05. The number of piperidine rings is 1. The van der Waals surface area contributed by atoms with Gasteiger partial charge >= 0.3 is 5.97 Å². The summed E-state index contributed by atoms with van der Waals surface area (Å²) >= 11 is 0. The molecule has 0 unspecified atom stereocenters. The zero-order chi connectivity index (χ0) is 17.2. The minimum absolute atomic E-state index is 0.0559. The molecule has 1 aromatic rings. The van der Waals surface area contributed by atoms with Crippen molar-refractivity contribution >= 4 is 21.9 Å². The number of pyridine rings is 1. The van der Waals surface area contributed by atoms with Gasteiger partial charge in [-0.25, -0.2) is 22.5 Å². The fraction of sp³-hybridized carbons (Fsp3) is 0.500. The van der Waals surface area contributed by atoms with Gasteiger partial charge in [-0.05, 0) is 25.0 Å². The average molecular weight is 341 g/mol. The number of amides is 1. The van der Waals surface area contributed by atoms with Gasteiger partial charge in [0, 0.05) is 32.4 Å². The second-order valence-electron chi connectivity index (χ2n) is 5.55. The molecule has 0 aromatic carbocycles. The Balaban J connectivity index is 2.02. The molecule has 1 aromatic heterocycles. The zero-order valence-corrected chi connectivity index (χ0v) is 13.8. The monoisotopic (exact) mass is 341 g/mol. The topological polar surface area (TPSA) is 108 Å². The summed E-state index contributed by atoms with van der Waals surface area (Å²) in [5.41, 5.74) is 0.189. The van der Waals surface area contributed by atoms with E-state index in [2.05, 4.69) is 4.98 Å². The van der Waals surface area contributed by atoms with Gasteiger partial charge in [-0.1, -0.05) is 0 Å². The van der Waals surface area contributed by atoms with Crippen LogP contribution in [-0.2, 0) is 10.0 Å². The highest BCUT2D eigenvalue weighted by Gasteiger charge is 2.29. The van der Waals surface area contributed by atoms with Crippen LogP contribution in [0, 0.1) is 0 Å². The largest absolute Gasteiger partial charge is 0.477 e. The minimum Gasteiger partial charge on any atom is -0.477 e. The van der Waals surface area contributed by atoms with Crippen LogP contribution in [-0.4, -0.2) is 72.0 Å². The van der Waals surface area contributed by atoms with E-state index in [4.69, 9.17) is 5.11 Å². The smallest absolute Gasteiger partial charge is 0.354 e. The van der Waals surface area contributed by atoms with Gasteiger partial charge in [0.05, 0.1) is 11.8 Å². The first-order valence-electron chi connectivity index (χ1n) is 7.12. The molecule has 9 heteroatoms. The van der Waals surface area contributed by atoms with Gasteiger partial charge < -0.3 is 10.0 Å². The summed E-state index contributed by atoms with van der Waals surface area (Å²) in [7, 11) is -1.54. The highest BCUT2D eigenvalue weighted by atomic mass is 32.2. The summed E-state index contributed by atoms with van der Waals surface area (Å²) in [4.78, 5) is 28.5. The van der Waals surface area contributed by atoms with E-state index in [1.165, 1.54) is 28.9 Å². The van der Waals surface area contributed by atoms with Crippen molar-refractivity contribution in [2.75, 3.05) is 26.4 Å². The van der Waals surface area contributed by atoms with Gasteiger partial charge in [0.25, 0.3) is 5.91 Å². The molecule has 1 N–H and O–H groups in total. The molecule has 0 bridgehead atoms. The number of carbonyl (C=O) groups excluding carboxylic acids is 1. The first kappa shape index (κ1) is 17.4. The fourth-order valence-corrected chi connectivity index (χ4v) is 3.45. The summed E-state index contributed by atoms with van der Waals surface area (Å²) in [5.74, 6) is -1.40. The molecule has 2 rings (SSSR count). The van der Waals surface area contributed by atoms with Crippen LogP contribution < -0.4 is 0 Å². The number of nitrogens with zero attached hydrogens (tertiary/aromatic N) is 3. The number of carboxylic acid groups (broad SMARTS) is 1. The van der Waals surface area contributed by atoms with Gasteiger partial charge in [-0.3, -0.25) is 4.79 Å². The van der Waals surface area contributed by atoms with E-state index in [-0.39, 0.29) is 17.6 Å². The van der Waals surface area contributed by atoms with E-state index in [0.717, 1.165) is 0 Å². The SMILES string of the molecule is CN(C(=O)c1ccc(C(=O)O)nc1)C1CCN(S(C)(=O)=O)CC1. The van der Waals surface area contributed by atoms with Gasteiger partial charge in [-0.2, -0.15) is 0 Å². The Morgan fingerprint density at radius 2 is 1.91 bits per heavy atom. The Morgan fingerprint density at radius 1 is 1.30 bits per heavy atom. The number of aromatic carboxylic acids is 1. The maximum absolute atomic E-state index is 12.4. The van der Waals surface area contributed by atoms with Gasteiger partial charge in [0.1, 0.15) is 5.69 Å². The quantitative estimate of drug-likeness (QED) is 0.842. The highest BCUT2D eigenvalue weighted by Crippen LogP contribution is 2.19.